The quantitative estimate of drug-likeness (QED) is 0.775. The summed E-state index contributed by atoms with van der Waals surface area (Å²) in [5, 5.41) is 1.22. The lowest BCUT2D eigenvalue weighted by atomic mass is 9.95. The van der Waals surface area contributed by atoms with Crippen molar-refractivity contribution < 1.29 is 0 Å². The van der Waals surface area contributed by atoms with Gasteiger partial charge in [0, 0.05) is 18.7 Å². The predicted molar refractivity (Wildman–Crippen MR) is 61.7 cm³/mol. The van der Waals surface area contributed by atoms with Gasteiger partial charge in [0.05, 0.1) is 0 Å². The Kier molecular flexibility index (Phi) is 2.63. The highest BCUT2D eigenvalue weighted by molar-refractivity contribution is 7.10. The second kappa shape index (κ2) is 3.77. The average Bonchev–Trinajstić information content (AvgIpc) is 2.56. The van der Waals surface area contributed by atoms with E-state index in [4.69, 9.17) is 5.73 Å². The van der Waals surface area contributed by atoms with E-state index >= 15 is 0 Å². The molecule has 0 radical (unpaired) electrons. The lowest BCUT2D eigenvalue weighted by Gasteiger charge is -2.37. The summed E-state index contributed by atoms with van der Waals surface area (Å²) >= 11 is 1.51. The molecular formula is C10H17N3S. The molecule has 3 nitrogen and oxygen atoms in total. The molecule has 1 aliphatic rings. The van der Waals surface area contributed by atoms with E-state index in [0.717, 1.165) is 12.5 Å². The largest absolute Gasteiger partial charge is 0.383 e. The average molecular weight is 211 g/mol. The van der Waals surface area contributed by atoms with Gasteiger partial charge in [-0.1, -0.05) is 6.92 Å². The maximum Gasteiger partial charge on any atom is 0.139 e. The Hall–Kier alpha value is -0.770. The fourth-order valence-electron chi connectivity index (χ4n) is 2.01. The van der Waals surface area contributed by atoms with Crippen LogP contribution in [0.15, 0.2) is 6.07 Å². The molecule has 14 heavy (non-hydrogen) atoms. The Balaban J connectivity index is 2.15. The van der Waals surface area contributed by atoms with Crippen LogP contribution in [0.1, 0.15) is 26.7 Å². The molecule has 0 spiro atoms. The van der Waals surface area contributed by atoms with Crippen LogP contribution in [0, 0.1) is 5.92 Å². The molecule has 2 N–H and O–H groups in total. The van der Waals surface area contributed by atoms with E-state index in [1.54, 1.807) is 0 Å². The second-order valence-electron chi connectivity index (χ2n) is 4.27. The van der Waals surface area contributed by atoms with Gasteiger partial charge in [0.1, 0.15) is 10.8 Å². The van der Waals surface area contributed by atoms with E-state index < -0.39 is 0 Å². The fourth-order valence-corrected chi connectivity index (χ4v) is 2.79. The minimum Gasteiger partial charge on any atom is -0.383 e. The Morgan fingerprint density at radius 3 is 2.93 bits per heavy atom. The van der Waals surface area contributed by atoms with Crippen LogP contribution in [-0.2, 0) is 0 Å². The number of nitrogens with two attached hydrogens (primary N) is 1. The van der Waals surface area contributed by atoms with Crippen LogP contribution >= 0.6 is 11.5 Å². The lowest BCUT2D eigenvalue weighted by Crippen LogP contribution is -2.40. The van der Waals surface area contributed by atoms with Crippen LogP contribution in [-0.4, -0.2) is 17.0 Å². The van der Waals surface area contributed by atoms with E-state index in [2.05, 4.69) is 23.1 Å². The SMILES string of the molecule is CC1CCC(C)N(c2cc(N)ns2)C1. The highest BCUT2D eigenvalue weighted by Crippen LogP contribution is 2.31. The van der Waals surface area contributed by atoms with Crippen molar-refractivity contribution in [3.05, 3.63) is 6.07 Å². The van der Waals surface area contributed by atoms with Crippen molar-refractivity contribution in [3.63, 3.8) is 0 Å². The summed E-state index contributed by atoms with van der Waals surface area (Å²) in [5.74, 6) is 1.44. The van der Waals surface area contributed by atoms with Crippen molar-refractivity contribution in [3.8, 4) is 0 Å². The number of aromatic nitrogens is 1. The topological polar surface area (TPSA) is 42.1 Å². The molecule has 2 unspecified atom stereocenters. The lowest BCUT2D eigenvalue weighted by molar-refractivity contribution is 0.392. The molecule has 4 heteroatoms. The molecule has 78 valence electrons. The molecule has 2 atom stereocenters. The van der Waals surface area contributed by atoms with Crippen LogP contribution in [0.5, 0.6) is 0 Å². The first kappa shape index (κ1) is 9.77. The molecule has 0 aliphatic carbocycles. The van der Waals surface area contributed by atoms with Crippen molar-refractivity contribution in [2.75, 3.05) is 17.2 Å². The maximum absolute atomic E-state index is 5.64. The minimum absolute atomic E-state index is 0.631. The van der Waals surface area contributed by atoms with Gasteiger partial charge in [0.25, 0.3) is 0 Å². The molecule has 1 aliphatic heterocycles. The van der Waals surface area contributed by atoms with E-state index in [9.17, 15) is 0 Å². The van der Waals surface area contributed by atoms with Gasteiger partial charge in [-0.2, -0.15) is 4.37 Å². The third-order valence-corrected chi connectivity index (χ3v) is 3.76. The molecule has 0 aromatic carbocycles. The first-order valence-corrected chi connectivity index (χ1v) is 5.93. The fraction of sp³-hybridized carbons (Fsp3) is 0.700. The van der Waals surface area contributed by atoms with Gasteiger partial charge in [0.15, 0.2) is 0 Å². The zero-order chi connectivity index (χ0) is 10.1. The van der Waals surface area contributed by atoms with Crippen LogP contribution < -0.4 is 10.6 Å². The van der Waals surface area contributed by atoms with Crippen molar-refractivity contribution >= 4 is 22.4 Å². The van der Waals surface area contributed by atoms with Gasteiger partial charge in [0.2, 0.25) is 0 Å². The number of nitrogen functional groups attached to an aromatic ring is 1. The molecule has 1 aromatic rings. The first-order chi connectivity index (χ1) is 6.66. The Labute approximate surface area is 89.1 Å². The van der Waals surface area contributed by atoms with Gasteiger partial charge in [-0.3, -0.25) is 0 Å². The highest BCUT2D eigenvalue weighted by atomic mass is 32.1. The summed E-state index contributed by atoms with van der Waals surface area (Å²) in [7, 11) is 0. The van der Waals surface area contributed by atoms with E-state index in [0.29, 0.717) is 11.9 Å². The molecule has 2 heterocycles. The van der Waals surface area contributed by atoms with Crippen LogP contribution in [0.3, 0.4) is 0 Å². The summed E-state index contributed by atoms with van der Waals surface area (Å²) in [6.45, 7) is 5.73. The highest BCUT2D eigenvalue weighted by Gasteiger charge is 2.24. The summed E-state index contributed by atoms with van der Waals surface area (Å²) in [5.41, 5.74) is 5.64. The van der Waals surface area contributed by atoms with Crippen molar-refractivity contribution in [1.29, 1.82) is 0 Å². The van der Waals surface area contributed by atoms with Gasteiger partial charge in [-0.05, 0) is 37.2 Å². The van der Waals surface area contributed by atoms with Crippen molar-refractivity contribution in [1.82, 2.24) is 4.37 Å². The summed E-state index contributed by atoms with van der Waals surface area (Å²) in [4.78, 5) is 2.43. The zero-order valence-electron chi connectivity index (χ0n) is 8.73. The molecule has 1 fully saturated rings. The monoisotopic (exact) mass is 211 g/mol. The first-order valence-electron chi connectivity index (χ1n) is 5.15. The minimum atomic E-state index is 0.631. The smallest absolute Gasteiger partial charge is 0.139 e. The second-order valence-corrected chi connectivity index (χ2v) is 5.06. The molecule has 2 rings (SSSR count). The summed E-state index contributed by atoms with van der Waals surface area (Å²) in [6.07, 6.45) is 2.62. The van der Waals surface area contributed by atoms with Gasteiger partial charge < -0.3 is 10.6 Å². The normalized spacial score (nSPS) is 28.0. The standard InChI is InChI=1S/C10H17N3S/c1-7-3-4-8(2)13(6-7)10-5-9(11)12-14-10/h5,7-8H,3-4,6H2,1-2H3,(H2,11,12). The van der Waals surface area contributed by atoms with Crippen LogP contribution in [0.4, 0.5) is 10.8 Å². The molecular weight excluding hydrogens is 194 g/mol. The van der Waals surface area contributed by atoms with E-state index in [1.165, 1.54) is 29.4 Å². The number of anilines is 2. The third-order valence-electron chi connectivity index (χ3n) is 2.92. The van der Waals surface area contributed by atoms with Crippen molar-refractivity contribution in [2.24, 2.45) is 5.92 Å². The Morgan fingerprint density at radius 2 is 2.29 bits per heavy atom. The Bertz CT molecular complexity index is 310. The third kappa shape index (κ3) is 1.85. The Morgan fingerprint density at radius 1 is 1.50 bits per heavy atom. The number of piperidine rings is 1. The number of hydrogen-bond donors (Lipinski definition) is 1. The maximum atomic E-state index is 5.64. The number of nitrogens with zero attached hydrogens (tertiary/aromatic N) is 2. The van der Waals surface area contributed by atoms with Gasteiger partial charge >= 0.3 is 0 Å². The zero-order valence-corrected chi connectivity index (χ0v) is 9.55. The summed E-state index contributed by atoms with van der Waals surface area (Å²) < 4.78 is 4.13. The van der Waals surface area contributed by atoms with E-state index in [-0.39, 0.29) is 0 Å². The van der Waals surface area contributed by atoms with Gasteiger partial charge in [-0.25, -0.2) is 0 Å². The number of rotatable bonds is 1. The molecule has 0 bridgehead atoms. The molecule has 0 saturated carbocycles. The van der Waals surface area contributed by atoms with E-state index in [1.807, 2.05) is 6.07 Å². The molecule has 0 amide bonds. The van der Waals surface area contributed by atoms with Crippen LogP contribution in [0.2, 0.25) is 0 Å². The predicted octanol–water partition coefficient (Wildman–Crippen LogP) is 2.35. The number of hydrogen-bond acceptors (Lipinski definition) is 4. The van der Waals surface area contributed by atoms with Crippen molar-refractivity contribution in [2.45, 2.75) is 32.7 Å². The molecule has 1 aromatic heterocycles. The van der Waals surface area contributed by atoms with Gasteiger partial charge in [-0.15, -0.1) is 0 Å². The van der Waals surface area contributed by atoms with Crippen LogP contribution in [0.25, 0.3) is 0 Å². The molecule has 1 saturated heterocycles. The summed E-state index contributed by atoms with van der Waals surface area (Å²) in [6, 6.07) is 2.62.